The summed E-state index contributed by atoms with van der Waals surface area (Å²) in [5.74, 6) is -2.53. The highest BCUT2D eigenvalue weighted by molar-refractivity contribution is 7.98. The molecule has 1 heterocycles. The van der Waals surface area contributed by atoms with E-state index in [-0.39, 0.29) is 12.8 Å². The molecule has 0 radical (unpaired) electrons. The van der Waals surface area contributed by atoms with Gasteiger partial charge in [-0.25, -0.2) is 4.79 Å². The number of amides is 3. The zero-order chi connectivity index (χ0) is 25.3. The van der Waals surface area contributed by atoms with Crippen LogP contribution in [0.4, 0.5) is 0 Å². The second-order valence-corrected chi connectivity index (χ2v) is 8.95. The summed E-state index contributed by atoms with van der Waals surface area (Å²) in [4.78, 5) is 52.3. The second kappa shape index (κ2) is 13.0. The van der Waals surface area contributed by atoms with Gasteiger partial charge in [-0.1, -0.05) is 25.1 Å². The van der Waals surface area contributed by atoms with Gasteiger partial charge in [-0.2, -0.15) is 11.8 Å². The first kappa shape index (κ1) is 27.2. The van der Waals surface area contributed by atoms with Gasteiger partial charge in [0.2, 0.25) is 17.7 Å². The number of thioether (sulfide) groups is 1. The van der Waals surface area contributed by atoms with E-state index in [2.05, 4.69) is 20.9 Å². The molecule has 1 unspecified atom stereocenters. The molecule has 186 valence electrons. The van der Waals surface area contributed by atoms with Crippen LogP contribution in [0.15, 0.2) is 30.5 Å². The minimum absolute atomic E-state index is 0.0626. The highest BCUT2D eigenvalue weighted by Crippen LogP contribution is 2.19. The summed E-state index contributed by atoms with van der Waals surface area (Å²) in [5, 5.41) is 27.7. The maximum atomic E-state index is 12.7. The molecule has 6 N–H and O–H groups in total. The van der Waals surface area contributed by atoms with Crippen LogP contribution in [0.25, 0.3) is 10.9 Å². The van der Waals surface area contributed by atoms with E-state index in [4.69, 9.17) is 0 Å². The fourth-order valence-electron chi connectivity index (χ4n) is 3.35. The van der Waals surface area contributed by atoms with Gasteiger partial charge in [0.25, 0.3) is 0 Å². The average molecular weight is 493 g/mol. The highest BCUT2D eigenvalue weighted by atomic mass is 32.2. The van der Waals surface area contributed by atoms with Gasteiger partial charge >= 0.3 is 5.97 Å². The lowest BCUT2D eigenvalue weighted by atomic mass is 10.0. The van der Waals surface area contributed by atoms with Crippen molar-refractivity contribution in [3.05, 3.63) is 36.0 Å². The molecule has 10 nitrogen and oxygen atoms in total. The molecule has 0 saturated heterocycles. The number of nitrogens with one attached hydrogen (secondary N) is 4. The number of benzene rings is 1. The zero-order valence-electron chi connectivity index (χ0n) is 19.5. The van der Waals surface area contributed by atoms with Crippen LogP contribution >= 0.6 is 11.8 Å². The Morgan fingerprint density at radius 3 is 2.35 bits per heavy atom. The Bertz CT molecular complexity index is 1010. The van der Waals surface area contributed by atoms with Crippen molar-refractivity contribution in [2.24, 2.45) is 0 Å². The van der Waals surface area contributed by atoms with Crippen molar-refractivity contribution in [2.45, 2.75) is 57.3 Å². The van der Waals surface area contributed by atoms with Crippen LogP contribution in [0.1, 0.15) is 32.3 Å². The normalized spacial score (nSPS) is 14.6. The summed E-state index contributed by atoms with van der Waals surface area (Å²) in [6.45, 7) is 3.08. The number of aromatic nitrogens is 1. The first-order chi connectivity index (χ1) is 16.2. The first-order valence-electron chi connectivity index (χ1n) is 11.0. The van der Waals surface area contributed by atoms with Gasteiger partial charge in [0.1, 0.15) is 24.2 Å². The number of aliphatic hydroxyl groups is 1. The lowest BCUT2D eigenvalue weighted by Crippen LogP contribution is -2.56. The molecule has 0 saturated carbocycles. The maximum Gasteiger partial charge on any atom is 0.326 e. The number of aliphatic carboxylic acids is 1. The van der Waals surface area contributed by atoms with Crippen molar-refractivity contribution < 1.29 is 29.4 Å². The van der Waals surface area contributed by atoms with Crippen LogP contribution in [0.3, 0.4) is 0 Å². The Kier molecular flexibility index (Phi) is 10.4. The molecule has 0 aliphatic heterocycles. The predicted octanol–water partition coefficient (Wildman–Crippen LogP) is 0.793. The predicted molar refractivity (Wildman–Crippen MR) is 130 cm³/mol. The molecule has 4 atom stereocenters. The Morgan fingerprint density at radius 1 is 1.03 bits per heavy atom. The molecule has 0 spiro atoms. The van der Waals surface area contributed by atoms with Crippen molar-refractivity contribution in [2.75, 3.05) is 12.0 Å². The Hall–Kier alpha value is -3.05. The minimum Gasteiger partial charge on any atom is -0.480 e. The third-order valence-corrected chi connectivity index (χ3v) is 6.04. The largest absolute Gasteiger partial charge is 0.480 e. The lowest BCUT2D eigenvalue weighted by molar-refractivity contribution is -0.142. The molecule has 0 aliphatic carbocycles. The van der Waals surface area contributed by atoms with Crippen LogP contribution < -0.4 is 16.0 Å². The van der Waals surface area contributed by atoms with E-state index >= 15 is 0 Å². The molecule has 1 aromatic carbocycles. The van der Waals surface area contributed by atoms with Gasteiger partial charge in [-0.05, 0) is 43.4 Å². The average Bonchev–Trinajstić information content (AvgIpc) is 3.23. The Morgan fingerprint density at radius 2 is 1.71 bits per heavy atom. The summed E-state index contributed by atoms with van der Waals surface area (Å²) < 4.78 is 0. The molecule has 3 amide bonds. The highest BCUT2D eigenvalue weighted by Gasteiger charge is 2.28. The van der Waals surface area contributed by atoms with Crippen LogP contribution in [-0.2, 0) is 25.6 Å². The van der Waals surface area contributed by atoms with Gasteiger partial charge < -0.3 is 31.1 Å². The second-order valence-electron chi connectivity index (χ2n) is 7.96. The van der Waals surface area contributed by atoms with Gasteiger partial charge in [0, 0.05) is 23.5 Å². The van der Waals surface area contributed by atoms with E-state index in [1.807, 2.05) is 30.5 Å². The molecule has 0 bridgehead atoms. The smallest absolute Gasteiger partial charge is 0.326 e. The number of hydrogen-bond acceptors (Lipinski definition) is 6. The van der Waals surface area contributed by atoms with Crippen molar-refractivity contribution in [3.8, 4) is 0 Å². The van der Waals surface area contributed by atoms with Crippen LogP contribution in [0.2, 0.25) is 0 Å². The van der Waals surface area contributed by atoms with Crippen molar-refractivity contribution in [1.82, 2.24) is 20.9 Å². The maximum absolute atomic E-state index is 12.7. The molecular formula is C23H32N4O6S. The van der Waals surface area contributed by atoms with E-state index in [1.165, 1.54) is 18.7 Å². The topological polar surface area (TPSA) is 161 Å². The molecule has 34 heavy (non-hydrogen) atoms. The standard InChI is InChI=1S/C23H32N4O6S/c1-4-19(28)22(31)26-17(9-10-34-3)21(30)25-13(2)20(29)27-18(23(32)33)11-14-12-24-16-8-6-5-7-15(14)16/h5-8,12-13,17-19,24,28H,4,9-11H2,1-3H3,(H,25,30)(H,26,31)(H,27,29)(H,32,33)/t13-,17-,18-,19?/m0/s1. The third kappa shape index (κ3) is 7.49. The Labute approximate surface area is 202 Å². The number of H-pyrrole nitrogens is 1. The SMILES string of the molecule is CCC(O)C(=O)N[C@@H](CCSC)C(=O)N[C@@H](C)C(=O)N[C@@H](Cc1c[nH]c2ccccc12)C(=O)O. The number of para-hydroxylation sites is 1. The number of carboxylic acids is 1. The van der Waals surface area contributed by atoms with Crippen molar-refractivity contribution in [1.29, 1.82) is 0 Å². The summed E-state index contributed by atoms with van der Waals surface area (Å²) in [7, 11) is 0. The number of carboxylic acid groups (broad SMARTS) is 1. The fraction of sp³-hybridized carbons (Fsp3) is 0.478. The van der Waals surface area contributed by atoms with Crippen LogP contribution in [0.5, 0.6) is 0 Å². The fourth-order valence-corrected chi connectivity index (χ4v) is 3.83. The molecule has 1 aromatic heterocycles. The first-order valence-corrected chi connectivity index (χ1v) is 12.4. The number of aromatic amines is 1. The summed E-state index contributed by atoms with van der Waals surface area (Å²) in [5.41, 5.74) is 1.61. The van der Waals surface area contributed by atoms with Crippen LogP contribution in [0, 0.1) is 0 Å². The van der Waals surface area contributed by atoms with E-state index in [0.717, 1.165) is 16.5 Å². The number of carbonyl (C=O) groups is 4. The quantitative estimate of drug-likeness (QED) is 0.241. The van der Waals surface area contributed by atoms with E-state index in [0.29, 0.717) is 12.2 Å². The summed E-state index contributed by atoms with van der Waals surface area (Å²) in [6, 6.07) is 4.27. The van der Waals surface area contributed by atoms with Crippen molar-refractivity contribution >= 4 is 46.4 Å². The van der Waals surface area contributed by atoms with E-state index in [9.17, 15) is 29.4 Å². The number of fused-ring (bicyclic) bond motifs is 1. The molecule has 11 heteroatoms. The van der Waals surface area contributed by atoms with Crippen LogP contribution in [-0.4, -0.2) is 75.1 Å². The lowest BCUT2D eigenvalue weighted by Gasteiger charge is -2.23. The number of carbonyl (C=O) groups excluding carboxylic acids is 3. The number of hydrogen-bond donors (Lipinski definition) is 6. The van der Waals surface area contributed by atoms with Gasteiger partial charge in [0.05, 0.1) is 0 Å². The third-order valence-electron chi connectivity index (χ3n) is 5.40. The molecule has 0 aliphatic rings. The molecular weight excluding hydrogens is 460 g/mol. The minimum atomic E-state index is -1.23. The van der Waals surface area contributed by atoms with Gasteiger partial charge in [-0.3, -0.25) is 14.4 Å². The van der Waals surface area contributed by atoms with E-state index < -0.39 is 47.9 Å². The molecule has 0 fully saturated rings. The van der Waals surface area contributed by atoms with Gasteiger partial charge in [0.15, 0.2) is 0 Å². The monoisotopic (exact) mass is 492 g/mol. The van der Waals surface area contributed by atoms with Crippen molar-refractivity contribution in [3.63, 3.8) is 0 Å². The Balaban J connectivity index is 2.02. The number of aliphatic hydroxyl groups excluding tert-OH is 1. The molecule has 2 rings (SSSR count). The summed E-state index contributed by atoms with van der Waals surface area (Å²) in [6.07, 6.45) is 2.91. The van der Waals surface area contributed by atoms with E-state index in [1.54, 1.807) is 13.1 Å². The molecule has 2 aromatic rings. The number of rotatable bonds is 13. The zero-order valence-corrected chi connectivity index (χ0v) is 20.3. The van der Waals surface area contributed by atoms with Gasteiger partial charge in [-0.15, -0.1) is 0 Å². The summed E-state index contributed by atoms with van der Waals surface area (Å²) >= 11 is 1.49.